The average molecular weight is 1060 g/mol. The van der Waals surface area contributed by atoms with Crippen LogP contribution in [0.5, 0.6) is 23.0 Å². The molecule has 6 aliphatic carbocycles. The van der Waals surface area contributed by atoms with Gasteiger partial charge in [-0.1, -0.05) is 128 Å². The number of carbonyl (C=O) groups is 2. The zero-order valence-electron chi connectivity index (χ0n) is 43.6. The molecule has 0 amide bonds. The van der Waals surface area contributed by atoms with E-state index in [0.29, 0.717) is 81.0 Å². The molecule has 8 bridgehead atoms. The first-order valence-corrected chi connectivity index (χ1v) is 28.0. The average Bonchev–Trinajstić information content (AvgIpc) is 4.37. The van der Waals surface area contributed by atoms with Crippen molar-refractivity contribution in [3.8, 4) is 45.3 Å². The van der Waals surface area contributed by atoms with Crippen LogP contribution in [-0.2, 0) is 39.2 Å². The predicted octanol–water partition coefficient (Wildman–Crippen LogP) is 15.7. The minimum absolute atomic E-state index is 0. The minimum atomic E-state index is -0.182. The van der Waals surface area contributed by atoms with Gasteiger partial charge in [0, 0.05) is 23.7 Å². The monoisotopic (exact) mass is 1060 g/mol. The molecule has 5 heterocycles. The van der Waals surface area contributed by atoms with Crippen LogP contribution in [0.3, 0.4) is 0 Å². The summed E-state index contributed by atoms with van der Waals surface area (Å²) in [6.45, 7) is 4.49. The van der Waals surface area contributed by atoms with E-state index in [1.807, 2.05) is 24.3 Å². The number of aromatic nitrogens is 4. The van der Waals surface area contributed by atoms with E-state index in [-0.39, 0.29) is 27.6 Å². The molecule has 8 nitrogen and oxygen atoms in total. The van der Waals surface area contributed by atoms with Crippen LogP contribution >= 0.6 is 0 Å². The van der Waals surface area contributed by atoms with Crippen molar-refractivity contribution in [1.82, 2.24) is 19.9 Å². The molecular formula is C68H60CoN4O4. The number of nitrogens with zero attached hydrogens (tertiary/aromatic N) is 4. The van der Waals surface area contributed by atoms with E-state index in [1.54, 1.807) is 0 Å². The smallest absolute Gasteiger partial charge is 0.654 e. The Hall–Kier alpha value is -7.07. The van der Waals surface area contributed by atoms with Gasteiger partial charge in [-0.2, -0.15) is 0 Å². The van der Waals surface area contributed by atoms with Crippen LogP contribution in [-0.4, -0.2) is 21.5 Å². The molecule has 77 heavy (non-hydrogen) atoms. The molecule has 8 aliphatic rings. The fraction of sp³-hybridized carbons (Fsp3) is 0.324. The van der Waals surface area contributed by atoms with Gasteiger partial charge in [0.1, 0.15) is 34.5 Å². The summed E-state index contributed by atoms with van der Waals surface area (Å²) in [5, 5.41) is 0. The molecule has 7 aromatic rings. The van der Waals surface area contributed by atoms with Crippen molar-refractivity contribution < 1.29 is 35.8 Å². The maximum atomic E-state index is 13.2. The van der Waals surface area contributed by atoms with Crippen molar-refractivity contribution in [3.05, 3.63) is 166 Å². The first-order valence-electron chi connectivity index (χ1n) is 28.0. The quantitative estimate of drug-likeness (QED) is 0.162. The van der Waals surface area contributed by atoms with Crippen molar-refractivity contribution in [2.75, 3.05) is 0 Å². The summed E-state index contributed by atoms with van der Waals surface area (Å²) in [6.07, 6.45) is 19.8. The second-order valence-electron chi connectivity index (χ2n) is 23.6. The Kier molecular flexibility index (Phi) is 11.6. The van der Waals surface area contributed by atoms with Crippen molar-refractivity contribution >= 4 is 57.9 Å². The summed E-state index contributed by atoms with van der Waals surface area (Å²) >= 11 is 0. The molecule has 4 aromatic carbocycles. The van der Waals surface area contributed by atoms with Gasteiger partial charge in [0.15, 0.2) is 5.75 Å². The molecule has 8 atom stereocenters. The van der Waals surface area contributed by atoms with E-state index < -0.39 is 0 Å². The molecule has 15 rings (SSSR count). The largest absolute Gasteiger partial charge is 2.00 e. The molecule has 4 fully saturated rings. The third-order valence-corrected chi connectivity index (χ3v) is 19.9. The van der Waals surface area contributed by atoms with E-state index in [0.717, 1.165) is 133 Å². The molecule has 9 heteroatoms. The van der Waals surface area contributed by atoms with Gasteiger partial charge in [0.25, 0.3) is 0 Å². The molecule has 2 aliphatic heterocycles. The molecule has 3 aromatic heterocycles. The van der Waals surface area contributed by atoms with Crippen LogP contribution in [0.1, 0.15) is 135 Å². The number of carbonyl (C=O) groups excluding carboxylic acids is 2. The van der Waals surface area contributed by atoms with Gasteiger partial charge in [-0.15, -0.1) is 11.0 Å². The molecular weight excluding hydrogens is 996 g/mol. The number of aryl methyl sites for hydroxylation is 1. The van der Waals surface area contributed by atoms with E-state index >= 15 is 0 Å². The molecule has 1 radical (unpaired) electrons. The van der Waals surface area contributed by atoms with Crippen molar-refractivity contribution in [2.45, 2.75) is 103 Å². The van der Waals surface area contributed by atoms with Gasteiger partial charge in [0.2, 0.25) is 0 Å². The van der Waals surface area contributed by atoms with E-state index in [1.165, 1.54) is 22.3 Å². The molecule has 385 valence electrons. The summed E-state index contributed by atoms with van der Waals surface area (Å²) in [6, 6.07) is 42.2. The Labute approximate surface area is 460 Å². The van der Waals surface area contributed by atoms with Crippen LogP contribution in [0.25, 0.3) is 68.6 Å². The Morgan fingerprint density at radius 3 is 1.61 bits per heavy atom. The molecule has 0 saturated heterocycles. The van der Waals surface area contributed by atoms with Crippen molar-refractivity contribution in [2.24, 2.45) is 34.5 Å². The number of ketones is 2. The topological polar surface area (TPSA) is 107 Å². The number of ether oxygens (including phenoxy) is 2. The molecule has 0 unspecified atom stereocenters. The predicted molar refractivity (Wildman–Crippen MR) is 300 cm³/mol. The van der Waals surface area contributed by atoms with Gasteiger partial charge < -0.3 is 19.4 Å². The maximum Gasteiger partial charge on any atom is 2.00 e. The summed E-state index contributed by atoms with van der Waals surface area (Å²) in [4.78, 5) is 48.1. The zero-order chi connectivity index (χ0) is 50.9. The van der Waals surface area contributed by atoms with Crippen molar-refractivity contribution in [1.29, 1.82) is 0 Å². The Morgan fingerprint density at radius 2 is 1.03 bits per heavy atom. The Morgan fingerprint density at radius 1 is 0.494 bits per heavy atom. The summed E-state index contributed by atoms with van der Waals surface area (Å²) in [7, 11) is 0. The Bertz CT molecular complexity index is 3680. The van der Waals surface area contributed by atoms with Gasteiger partial charge >= 0.3 is 16.8 Å². The summed E-state index contributed by atoms with van der Waals surface area (Å²) in [5.41, 5.74) is 14.6. The molecule has 0 spiro atoms. The maximum absolute atomic E-state index is 13.2. The van der Waals surface area contributed by atoms with Crippen LogP contribution < -0.4 is 19.4 Å². The third kappa shape index (κ3) is 7.72. The fourth-order valence-electron chi connectivity index (χ4n) is 16.1. The number of hydrogen-bond donors (Lipinski definition) is 0. The van der Waals surface area contributed by atoms with E-state index in [2.05, 4.69) is 135 Å². The van der Waals surface area contributed by atoms with Gasteiger partial charge in [-0.3, -0.25) is 9.59 Å². The first-order chi connectivity index (χ1) is 37.2. The second kappa shape index (κ2) is 18.6. The van der Waals surface area contributed by atoms with Gasteiger partial charge in [0.05, 0.1) is 17.1 Å². The summed E-state index contributed by atoms with van der Waals surface area (Å²) in [5.74, 6) is 6.55. The molecule has 0 N–H and O–H groups in total. The van der Waals surface area contributed by atoms with Crippen LogP contribution in [0.2, 0.25) is 0 Å². The number of rotatable bonds is 6. The second-order valence-corrected chi connectivity index (χ2v) is 23.6. The standard InChI is InChI=1S/C68H60N4O4.Co/c1-67-36-34-45-43-19-17-42(38-41(43)16-18-47(45)50(67)22-32-61(67)73)75-65-56-28-24-52(69-56)63(39-10-5-3-6-11-39)54-26-30-58(71-54)66(59-31-27-55(72-59)64(40-12-7-4-8-13-40)53-25-29-57(65)70-53)76-60-15-9-14-44-46-35-37-68(2)51(23-33-62(68)74)48(46)20-21-49(44)60;/h3-15,17,19,24-31,38,45-48,50-51H,16,18,20-23,32-37H2,1-2H3;/q-2;+2/t45-,46-,47-,48-,50+,51+,67+,68+;/m1./s1. The van der Waals surface area contributed by atoms with Crippen LogP contribution in [0, 0.1) is 34.5 Å². The first kappa shape index (κ1) is 48.3. The third-order valence-electron chi connectivity index (χ3n) is 19.9. The van der Waals surface area contributed by atoms with Crippen LogP contribution in [0.15, 0.2) is 121 Å². The van der Waals surface area contributed by atoms with E-state index in [9.17, 15) is 9.59 Å². The summed E-state index contributed by atoms with van der Waals surface area (Å²) < 4.78 is 14.4. The van der Waals surface area contributed by atoms with Crippen molar-refractivity contribution in [3.63, 3.8) is 0 Å². The van der Waals surface area contributed by atoms with Crippen LogP contribution in [0.4, 0.5) is 0 Å². The van der Waals surface area contributed by atoms with Gasteiger partial charge in [-0.25, -0.2) is 9.97 Å². The minimum Gasteiger partial charge on any atom is -0.654 e. The zero-order valence-corrected chi connectivity index (χ0v) is 44.6. The number of hydrogen-bond acceptors (Lipinski definition) is 6. The fourth-order valence-corrected chi connectivity index (χ4v) is 16.1. The normalized spacial score (nSPS) is 26.4. The molecule has 4 saturated carbocycles. The van der Waals surface area contributed by atoms with E-state index in [4.69, 9.17) is 29.4 Å². The SMILES string of the molecule is C[C@]12CC[C@@H]3c4ccc(Oc5c6ccc([n-]6)c(-c6ccccc6)c6nc(c(Oc7cccc8c7CC[C@@H]7[C@@H]8CC[C@]8(C)C(=O)CC[C@@H]78)c7nc(c(-c8ccccc8)c8ccc5[n-]8)C=C7)C=C6)cc4CC[C@H]3[C@@H]1CCC2=O.[Co+2]. The van der Waals surface area contributed by atoms with Gasteiger partial charge in [-0.05, 0) is 187 Å². The number of Topliss-reactive ketones (excluding diaryl/α,β-unsaturated/α-hetero) is 2. The number of fused-ring (bicyclic) bond motifs is 18. The Balaban J connectivity index is 0.00000540. The number of benzene rings is 4.